The SMILES string of the molecule is CC(C)(C)c1cc2c3c(c1)N(c1ccccc1)c1c4c(n(-c5cccc6ccccc56)c1B3c1ccccc1N2c1ccccc1)CCCC4. The molecule has 0 amide bonds. The largest absolute Gasteiger partial charge is 0.323 e. The summed E-state index contributed by atoms with van der Waals surface area (Å²) in [7, 11) is 0. The summed E-state index contributed by atoms with van der Waals surface area (Å²) in [6, 6.07) is 52.1. The van der Waals surface area contributed by atoms with E-state index in [1.54, 1.807) is 0 Å². The van der Waals surface area contributed by atoms with Crippen LogP contribution < -0.4 is 26.3 Å². The molecular weight excluding hydrogens is 605 g/mol. The lowest BCUT2D eigenvalue weighted by atomic mass is 9.34. The smallest absolute Gasteiger partial charge is 0.273 e. The third-order valence-corrected chi connectivity index (χ3v) is 11.3. The maximum absolute atomic E-state index is 2.71. The lowest BCUT2D eigenvalue weighted by Crippen LogP contribution is -2.63. The fourth-order valence-electron chi connectivity index (χ4n) is 9.04. The van der Waals surface area contributed by atoms with Crippen LogP contribution in [0.25, 0.3) is 16.5 Å². The first-order valence-electron chi connectivity index (χ1n) is 18.2. The predicted octanol–water partition coefficient (Wildman–Crippen LogP) is 9.89. The molecule has 3 aliphatic rings. The van der Waals surface area contributed by atoms with Gasteiger partial charge in [0.2, 0.25) is 0 Å². The fourth-order valence-corrected chi connectivity index (χ4v) is 9.04. The van der Waals surface area contributed by atoms with E-state index in [9.17, 15) is 0 Å². The van der Waals surface area contributed by atoms with E-state index in [1.165, 1.54) is 96.8 Å². The van der Waals surface area contributed by atoms with Gasteiger partial charge in [-0.1, -0.05) is 112 Å². The third-order valence-electron chi connectivity index (χ3n) is 11.3. The molecular formula is C46H40BN3. The van der Waals surface area contributed by atoms with Gasteiger partial charge in [-0.25, -0.2) is 0 Å². The number of hydrogen-bond acceptors (Lipinski definition) is 2. The minimum absolute atomic E-state index is 0.0443. The molecule has 50 heavy (non-hydrogen) atoms. The van der Waals surface area contributed by atoms with E-state index in [2.05, 4.69) is 175 Å². The molecule has 0 radical (unpaired) electrons. The van der Waals surface area contributed by atoms with Crippen LogP contribution in [-0.2, 0) is 18.3 Å². The van der Waals surface area contributed by atoms with E-state index in [0.717, 1.165) is 12.8 Å². The number of hydrogen-bond donors (Lipinski definition) is 0. The average Bonchev–Trinajstić information content (AvgIpc) is 3.49. The summed E-state index contributed by atoms with van der Waals surface area (Å²) in [4.78, 5) is 5.17. The second kappa shape index (κ2) is 11.0. The quantitative estimate of drug-likeness (QED) is 0.177. The van der Waals surface area contributed by atoms with Crippen molar-refractivity contribution in [1.29, 1.82) is 0 Å². The first kappa shape index (κ1) is 29.4. The molecule has 242 valence electrons. The molecule has 0 spiro atoms. The first-order chi connectivity index (χ1) is 24.5. The Morgan fingerprint density at radius 3 is 1.92 bits per heavy atom. The molecule has 0 saturated heterocycles. The van der Waals surface area contributed by atoms with Gasteiger partial charge in [-0.3, -0.25) is 0 Å². The lowest BCUT2D eigenvalue weighted by Gasteiger charge is -2.44. The highest BCUT2D eigenvalue weighted by atomic mass is 15.2. The van der Waals surface area contributed by atoms with Gasteiger partial charge in [-0.2, -0.15) is 0 Å². The van der Waals surface area contributed by atoms with Crippen LogP contribution in [-0.4, -0.2) is 11.3 Å². The van der Waals surface area contributed by atoms with Gasteiger partial charge in [0.1, 0.15) is 0 Å². The van der Waals surface area contributed by atoms with Gasteiger partial charge >= 0.3 is 0 Å². The van der Waals surface area contributed by atoms with Gasteiger partial charge in [-0.05, 0) is 107 Å². The zero-order valence-electron chi connectivity index (χ0n) is 29.0. The van der Waals surface area contributed by atoms with Crippen molar-refractivity contribution in [2.24, 2.45) is 0 Å². The predicted molar refractivity (Wildman–Crippen MR) is 213 cm³/mol. The molecule has 2 aliphatic heterocycles. The van der Waals surface area contributed by atoms with E-state index in [-0.39, 0.29) is 12.1 Å². The summed E-state index contributed by atoms with van der Waals surface area (Å²) in [6.07, 6.45) is 4.59. The zero-order chi connectivity index (χ0) is 33.6. The molecule has 10 rings (SSSR count). The molecule has 3 nitrogen and oxygen atoms in total. The van der Waals surface area contributed by atoms with E-state index in [4.69, 9.17) is 0 Å². The van der Waals surface area contributed by atoms with Crippen LogP contribution in [0.5, 0.6) is 0 Å². The van der Waals surface area contributed by atoms with Crippen molar-refractivity contribution in [1.82, 2.24) is 4.57 Å². The summed E-state index contributed by atoms with van der Waals surface area (Å²) in [6.45, 7) is 7.11. The summed E-state index contributed by atoms with van der Waals surface area (Å²) < 4.78 is 2.71. The van der Waals surface area contributed by atoms with Crippen molar-refractivity contribution in [2.45, 2.75) is 51.9 Å². The third kappa shape index (κ3) is 4.24. The molecule has 0 bridgehead atoms. The maximum atomic E-state index is 2.71. The topological polar surface area (TPSA) is 11.4 Å². The van der Waals surface area contributed by atoms with Crippen molar-refractivity contribution < 1.29 is 0 Å². The van der Waals surface area contributed by atoms with Gasteiger partial charge in [-0.15, -0.1) is 0 Å². The van der Waals surface area contributed by atoms with Gasteiger partial charge in [0.05, 0.1) is 11.4 Å². The fraction of sp³-hybridized carbons (Fsp3) is 0.174. The highest BCUT2D eigenvalue weighted by Crippen LogP contribution is 2.49. The van der Waals surface area contributed by atoms with Crippen molar-refractivity contribution in [3.63, 3.8) is 0 Å². The highest BCUT2D eigenvalue weighted by Gasteiger charge is 2.48. The highest BCUT2D eigenvalue weighted by molar-refractivity contribution is 7.00. The van der Waals surface area contributed by atoms with Gasteiger partial charge in [0.15, 0.2) is 0 Å². The Hall–Kier alpha value is -5.48. The Kier molecular flexibility index (Phi) is 6.49. The van der Waals surface area contributed by atoms with Gasteiger partial charge in [0.25, 0.3) is 6.71 Å². The molecule has 3 heterocycles. The molecule has 0 fully saturated rings. The Morgan fingerprint density at radius 2 is 1.16 bits per heavy atom. The van der Waals surface area contributed by atoms with Crippen molar-refractivity contribution in [3.05, 3.63) is 156 Å². The molecule has 0 N–H and O–H groups in total. The Bertz CT molecular complexity index is 2430. The maximum Gasteiger partial charge on any atom is 0.273 e. The molecule has 0 saturated carbocycles. The minimum atomic E-state index is -0.0443. The van der Waals surface area contributed by atoms with Crippen molar-refractivity contribution >= 4 is 68.1 Å². The van der Waals surface area contributed by atoms with Crippen LogP contribution >= 0.6 is 0 Å². The molecule has 1 aromatic heterocycles. The number of aromatic nitrogens is 1. The molecule has 4 heteroatoms. The van der Waals surface area contributed by atoms with Crippen LogP contribution in [0.4, 0.5) is 34.1 Å². The molecule has 1 aliphatic carbocycles. The minimum Gasteiger partial charge on any atom is -0.323 e. The number of para-hydroxylation sites is 3. The van der Waals surface area contributed by atoms with E-state index in [1.807, 2.05) is 0 Å². The van der Waals surface area contributed by atoms with E-state index in [0.29, 0.717) is 0 Å². The normalized spacial score (nSPS) is 14.7. The number of rotatable bonds is 3. The number of fused-ring (bicyclic) bond motifs is 7. The van der Waals surface area contributed by atoms with Crippen LogP contribution in [0.15, 0.2) is 140 Å². The number of anilines is 6. The average molecular weight is 646 g/mol. The molecule has 7 aromatic rings. The van der Waals surface area contributed by atoms with Crippen molar-refractivity contribution in [2.75, 3.05) is 9.80 Å². The van der Waals surface area contributed by atoms with Crippen LogP contribution in [0.1, 0.15) is 50.4 Å². The zero-order valence-corrected chi connectivity index (χ0v) is 29.0. The lowest BCUT2D eigenvalue weighted by molar-refractivity contribution is 0.590. The number of benzene rings is 6. The molecule has 6 aromatic carbocycles. The Balaban J connectivity index is 1.40. The van der Waals surface area contributed by atoms with E-state index >= 15 is 0 Å². The summed E-state index contributed by atoms with van der Waals surface area (Å²) in [5, 5.41) is 2.58. The van der Waals surface area contributed by atoms with Crippen molar-refractivity contribution in [3.8, 4) is 5.69 Å². The second-order valence-electron chi connectivity index (χ2n) is 15.2. The number of nitrogens with zero attached hydrogens (tertiary/aromatic N) is 3. The van der Waals surface area contributed by atoms with Crippen LogP contribution in [0.2, 0.25) is 0 Å². The Labute approximate surface area is 295 Å². The molecule has 0 atom stereocenters. The molecule has 0 unspecified atom stereocenters. The van der Waals surface area contributed by atoms with Crippen LogP contribution in [0.3, 0.4) is 0 Å². The standard InChI is InChI=1S/C46H40BN3/c1-46(2,3)32-29-41-43-42(30-32)49(34-21-8-5-9-22-34)44-36-24-12-14-26-39(36)50(38-28-16-18-31-17-10-11-23-35(31)38)45(44)47(43)37-25-13-15-27-40(37)48(41)33-19-6-4-7-20-33/h4-11,13,15-23,25,27-30H,12,14,24,26H2,1-3H3. The van der Waals surface area contributed by atoms with Gasteiger partial charge < -0.3 is 14.4 Å². The summed E-state index contributed by atoms with van der Waals surface area (Å²) in [5.74, 6) is 0. The van der Waals surface area contributed by atoms with E-state index < -0.39 is 0 Å². The monoisotopic (exact) mass is 645 g/mol. The second-order valence-corrected chi connectivity index (χ2v) is 15.2. The van der Waals surface area contributed by atoms with Crippen LogP contribution in [0, 0.1) is 0 Å². The first-order valence-corrected chi connectivity index (χ1v) is 18.2. The Morgan fingerprint density at radius 1 is 0.560 bits per heavy atom. The summed E-state index contributed by atoms with van der Waals surface area (Å²) in [5.41, 5.74) is 17.3. The van der Waals surface area contributed by atoms with Gasteiger partial charge in [0, 0.05) is 45.1 Å². The summed E-state index contributed by atoms with van der Waals surface area (Å²) >= 11 is 0.